The zero-order valence-corrected chi connectivity index (χ0v) is 15.8. The quantitative estimate of drug-likeness (QED) is 0.696. The van der Waals surface area contributed by atoms with Gasteiger partial charge in [-0.05, 0) is 12.0 Å². The molecule has 0 unspecified atom stereocenters. The van der Waals surface area contributed by atoms with E-state index in [2.05, 4.69) is 47.4 Å². The van der Waals surface area contributed by atoms with Crippen LogP contribution in [0.5, 0.6) is 0 Å². The van der Waals surface area contributed by atoms with Crippen LogP contribution >= 0.6 is 0 Å². The molecule has 2 aliphatic rings. The monoisotopic (exact) mass is 367 g/mol. The molecule has 0 bridgehead atoms. The van der Waals surface area contributed by atoms with Crippen LogP contribution in [0.3, 0.4) is 0 Å². The van der Waals surface area contributed by atoms with E-state index in [0.29, 0.717) is 11.8 Å². The highest BCUT2D eigenvalue weighted by molar-refractivity contribution is 5.74. The number of nitrogens with zero attached hydrogens (tertiary/aromatic N) is 6. The first kappa shape index (κ1) is 16.8. The highest BCUT2D eigenvalue weighted by Gasteiger charge is 2.49. The number of hydrogen-bond donors (Lipinski definition) is 1. The van der Waals surface area contributed by atoms with Gasteiger partial charge in [0.2, 0.25) is 0 Å². The number of aromatic nitrogens is 5. The van der Waals surface area contributed by atoms with E-state index < -0.39 is 0 Å². The molecule has 0 amide bonds. The molecule has 142 valence electrons. The normalized spacial score (nSPS) is 25.7. The summed E-state index contributed by atoms with van der Waals surface area (Å²) in [5, 5.41) is 9.01. The van der Waals surface area contributed by atoms with Gasteiger partial charge in [-0.1, -0.05) is 13.3 Å². The number of rotatable bonds is 5. The summed E-state index contributed by atoms with van der Waals surface area (Å²) in [5.74, 6) is 1.95. The summed E-state index contributed by atoms with van der Waals surface area (Å²) in [4.78, 5) is 14.4. The minimum atomic E-state index is 0.0904. The van der Waals surface area contributed by atoms with Crippen molar-refractivity contribution in [2.24, 2.45) is 10.9 Å². The van der Waals surface area contributed by atoms with Crippen molar-refractivity contribution in [2.45, 2.75) is 31.2 Å². The van der Waals surface area contributed by atoms with Crippen LogP contribution in [0.2, 0.25) is 0 Å². The zero-order valence-electron chi connectivity index (χ0n) is 15.8. The molecule has 2 saturated heterocycles. The van der Waals surface area contributed by atoms with Crippen LogP contribution in [-0.4, -0.2) is 74.6 Å². The topological polar surface area (TPSA) is 83.7 Å². The van der Waals surface area contributed by atoms with Crippen molar-refractivity contribution in [1.29, 1.82) is 0 Å². The SMILES string of the molecule is CC[C@@H]1CN(C2(C/C=N\C)COC2)C[C@@H]1c1nnc2cnc3[nH]ccc3n12. The van der Waals surface area contributed by atoms with Crippen LogP contribution in [0.25, 0.3) is 16.8 Å². The predicted octanol–water partition coefficient (Wildman–Crippen LogP) is 1.89. The third-order valence-electron chi connectivity index (χ3n) is 6.33. The Labute approximate surface area is 157 Å². The lowest BCUT2D eigenvalue weighted by molar-refractivity contribution is -0.130. The molecule has 8 nitrogen and oxygen atoms in total. The first-order valence-electron chi connectivity index (χ1n) is 9.66. The summed E-state index contributed by atoms with van der Waals surface area (Å²) in [7, 11) is 1.84. The van der Waals surface area contributed by atoms with E-state index in [1.807, 2.05) is 19.5 Å². The minimum absolute atomic E-state index is 0.0904. The Bertz CT molecular complexity index is 986. The first-order valence-corrected chi connectivity index (χ1v) is 9.66. The van der Waals surface area contributed by atoms with E-state index in [1.165, 1.54) is 0 Å². The molecule has 0 radical (unpaired) electrons. The molecule has 5 heterocycles. The molecule has 3 aromatic rings. The Balaban J connectivity index is 1.53. The van der Waals surface area contributed by atoms with Gasteiger partial charge in [-0.3, -0.25) is 9.30 Å². The highest BCUT2D eigenvalue weighted by Crippen LogP contribution is 2.41. The highest BCUT2D eigenvalue weighted by atomic mass is 16.5. The van der Waals surface area contributed by atoms with Crippen LogP contribution in [0, 0.1) is 5.92 Å². The van der Waals surface area contributed by atoms with Crippen molar-refractivity contribution in [2.75, 3.05) is 33.4 Å². The molecule has 27 heavy (non-hydrogen) atoms. The van der Waals surface area contributed by atoms with Crippen molar-refractivity contribution in [3.8, 4) is 0 Å². The van der Waals surface area contributed by atoms with E-state index >= 15 is 0 Å². The molecule has 3 aromatic heterocycles. The van der Waals surface area contributed by atoms with E-state index in [-0.39, 0.29) is 5.54 Å². The van der Waals surface area contributed by atoms with Crippen LogP contribution in [-0.2, 0) is 4.74 Å². The van der Waals surface area contributed by atoms with E-state index in [1.54, 1.807) is 6.20 Å². The number of likely N-dealkylation sites (tertiary alicyclic amines) is 1. The van der Waals surface area contributed by atoms with Gasteiger partial charge in [0.15, 0.2) is 11.3 Å². The number of H-pyrrole nitrogens is 1. The predicted molar refractivity (Wildman–Crippen MR) is 103 cm³/mol. The summed E-state index contributed by atoms with van der Waals surface area (Å²) >= 11 is 0. The van der Waals surface area contributed by atoms with Gasteiger partial charge in [-0.2, -0.15) is 0 Å². The number of aromatic amines is 1. The number of aliphatic imine (C=N–C) groups is 1. The van der Waals surface area contributed by atoms with Crippen molar-refractivity contribution in [1.82, 2.24) is 29.5 Å². The third-order valence-corrected chi connectivity index (χ3v) is 6.33. The molecule has 2 aliphatic heterocycles. The maximum atomic E-state index is 5.61. The van der Waals surface area contributed by atoms with Crippen molar-refractivity contribution in [3.05, 3.63) is 24.3 Å². The fourth-order valence-corrected chi connectivity index (χ4v) is 4.63. The molecule has 1 N–H and O–H groups in total. The largest absolute Gasteiger partial charge is 0.377 e. The van der Waals surface area contributed by atoms with Gasteiger partial charge in [-0.15, -0.1) is 10.2 Å². The fraction of sp³-hybridized carbons (Fsp3) is 0.579. The molecule has 0 aromatic carbocycles. The van der Waals surface area contributed by atoms with Crippen LogP contribution < -0.4 is 0 Å². The van der Waals surface area contributed by atoms with E-state index in [0.717, 1.165) is 61.8 Å². The summed E-state index contributed by atoms with van der Waals surface area (Å²) < 4.78 is 7.78. The van der Waals surface area contributed by atoms with Crippen LogP contribution in [0.15, 0.2) is 23.5 Å². The third kappa shape index (κ3) is 2.50. The number of hydrogen-bond acceptors (Lipinski definition) is 6. The average molecular weight is 367 g/mol. The molecular weight excluding hydrogens is 342 g/mol. The Morgan fingerprint density at radius 2 is 2.26 bits per heavy atom. The summed E-state index contributed by atoms with van der Waals surface area (Å²) in [6.45, 7) is 5.89. The molecule has 0 spiro atoms. The summed E-state index contributed by atoms with van der Waals surface area (Å²) in [6, 6.07) is 2.05. The number of ether oxygens (including phenoxy) is 1. The maximum absolute atomic E-state index is 5.61. The van der Waals surface area contributed by atoms with E-state index in [4.69, 9.17) is 4.74 Å². The van der Waals surface area contributed by atoms with Crippen LogP contribution in [0.1, 0.15) is 31.5 Å². The Morgan fingerprint density at radius 1 is 1.37 bits per heavy atom. The zero-order chi connectivity index (χ0) is 18.4. The van der Waals surface area contributed by atoms with Crippen LogP contribution in [0.4, 0.5) is 0 Å². The van der Waals surface area contributed by atoms with Gasteiger partial charge < -0.3 is 14.7 Å². The van der Waals surface area contributed by atoms with Gasteiger partial charge in [0.25, 0.3) is 0 Å². The van der Waals surface area contributed by atoms with Gasteiger partial charge in [0.05, 0.1) is 30.5 Å². The lowest BCUT2D eigenvalue weighted by Crippen LogP contribution is -2.61. The second-order valence-corrected chi connectivity index (χ2v) is 7.76. The van der Waals surface area contributed by atoms with Gasteiger partial charge in [0, 0.05) is 44.9 Å². The molecule has 2 atom stereocenters. The molecule has 5 rings (SSSR count). The summed E-state index contributed by atoms with van der Waals surface area (Å²) in [6.07, 6.45) is 7.81. The molecule has 2 fully saturated rings. The Kier molecular flexibility index (Phi) is 3.98. The number of nitrogens with one attached hydrogen (secondary N) is 1. The number of fused-ring (bicyclic) bond motifs is 3. The molecule has 0 aliphatic carbocycles. The van der Waals surface area contributed by atoms with Crippen molar-refractivity contribution >= 4 is 23.0 Å². The Morgan fingerprint density at radius 3 is 3.00 bits per heavy atom. The summed E-state index contributed by atoms with van der Waals surface area (Å²) in [5.41, 5.74) is 2.81. The first-order chi connectivity index (χ1) is 13.3. The van der Waals surface area contributed by atoms with Crippen molar-refractivity contribution in [3.63, 3.8) is 0 Å². The fourth-order valence-electron chi connectivity index (χ4n) is 4.63. The smallest absolute Gasteiger partial charge is 0.179 e. The average Bonchev–Trinajstić information content (AvgIpc) is 3.37. The minimum Gasteiger partial charge on any atom is -0.377 e. The lowest BCUT2D eigenvalue weighted by Gasteiger charge is -2.47. The Hall–Kier alpha value is -2.32. The van der Waals surface area contributed by atoms with Gasteiger partial charge >= 0.3 is 0 Å². The second-order valence-electron chi connectivity index (χ2n) is 7.76. The van der Waals surface area contributed by atoms with Gasteiger partial charge in [0.1, 0.15) is 5.82 Å². The molecule has 8 heteroatoms. The standard InChI is InChI=1S/C19H25N7O/c1-3-13-9-25(19(5-7-20-2)11-27-12-19)10-14(13)18-24-23-16-8-22-17-15(26(16)18)4-6-21-17/h4,6-8,13-14,21H,3,5,9-12H2,1-2H3/b20-7-/t13-,14+/m1/s1. The second kappa shape index (κ2) is 6.38. The van der Waals surface area contributed by atoms with E-state index in [9.17, 15) is 0 Å². The molecular formula is C19H25N7O. The van der Waals surface area contributed by atoms with Crippen molar-refractivity contribution < 1.29 is 4.74 Å². The maximum Gasteiger partial charge on any atom is 0.179 e. The van der Waals surface area contributed by atoms with Gasteiger partial charge in [-0.25, -0.2) is 4.98 Å². The lowest BCUT2D eigenvalue weighted by atomic mass is 9.91. The molecule has 0 saturated carbocycles.